The van der Waals surface area contributed by atoms with E-state index in [9.17, 15) is 0 Å². The van der Waals surface area contributed by atoms with Crippen molar-refractivity contribution in [1.29, 1.82) is 5.26 Å². The van der Waals surface area contributed by atoms with Crippen LogP contribution in [0.25, 0.3) is 11.1 Å². The van der Waals surface area contributed by atoms with Crippen LogP contribution in [0.1, 0.15) is 43.2 Å². The van der Waals surface area contributed by atoms with Crippen molar-refractivity contribution in [1.82, 2.24) is 5.06 Å². The number of aliphatic imine (C=N–C) groups is 1. The molecule has 0 aromatic heterocycles. The standard InChI is InChI=1S/C18H16N4O2.C7H12O/c1-22-17(20)21-18(24-22)7-8-23-16-6-5-14(10-15(16)18)13-4-2-3-12(9-13)11-19;1-3-7-4-2-6(1)5-8-7/h2-6,9-10H,7-8H2,1H3,(H2,20,21);6-7H,1-5H2. The van der Waals surface area contributed by atoms with Crippen molar-refractivity contribution >= 4 is 5.96 Å². The van der Waals surface area contributed by atoms with E-state index in [1.807, 2.05) is 36.4 Å². The zero-order chi connectivity index (χ0) is 22.1. The molecule has 4 heterocycles. The number of rotatable bonds is 1. The molecule has 2 aromatic rings. The van der Waals surface area contributed by atoms with E-state index in [1.165, 1.54) is 30.7 Å². The number of hydroxylamine groups is 2. The van der Waals surface area contributed by atoms with Crippen LogP contribution < -0.4 is 10.5 Å². The molecule has 0 amide bonds. The maximum atomic E-state index is 9.10. The van der Waals surface area contributed by atoms with Crippen LogP contribution >= 0.6 is 0 Å². The lowest BCUT2D eigenvalue weighted by Crippen LogP contribution is -2.35. The molecule has 3 fully saturated rings. The highest BCUT2D eigenvalue weighted by Crippen LogP contribution is 2.45. The average Bonchev–Trinajstić information content (AvgIpc) is 3.14. The Hall–Kier alpha value is -3.08. The Morgan fingerprint density at radius 1 is 1.12 bits per heavy atom. The molecule has 166 valence electrons. The topological polar surface area (TPSA) is 93.1 Å². The third-order valence-corrected chi connectivity index (χ3v) is 6.69. The van der Waals surface area contributed by atoms with Gasteiger partial charge in [-0.1, -0.05) is 18.2 Å². The molecule has 32 heavy (non-hydrogen) atoms. The van der Waals surface area contributed by atoms with Crippen LogP contribution in [-0.4, -0.2) is 37.4 Å². The fourth-order valence-electron chi connectivity index (χ4n) is 4.84. The summed E-state index contributed by atoms with van der Waals surface area (Å²) >= 11 is 0. The van der Waals surface area contributed by atoms with Gasteiger partial charge in [0, 0.05) is 20.1 Å². The number of hydrogen-bond donors (Lipinski definition) is 1. The van der Waals surface area contributed by atoms with Crippen molar-refractivity contribution in [2.45, 2.75) is 43.9 Å². The van der Waals surface area contributed by atoms with Crippen LogP contribution in [0.15, 0.2) is 47.5 Å². The molecular weight excluding hydrogens is 404 g/mol. The number of ether oxygens (including phenoxy) is 2. The summed E-state index contributed by atoms with van der Waals surface area (Å²) in [5, 5.41) is 10.6. The first-order valence-electron chi connectivity index (χ1n) is 11.2. The highest BCUT2D eigenvalue weighted by atomic mass is 16.7. The zero-order valence-electron chi connectivity index (χ0n) is 18.3. The second kappa shape index (κ2) is 8.45. The Balaban J connectivity index is 0.000000225. The maximum absolute atomic E-state index is 9.10. The zero-order valence-corrected chi connectivity index (χ0v) is 18.3. The van der Waals surface area contributed by atoms with Gasteiger partial charge >= 0.3 is 0 Å². The summed E-state index contributed by atoms with van der Waals surface area (Å²) in [7, 11) is 1.74. The number of guanidine groups is 1. The molecule has 1 saturated carbocycles. The van der Waals surface area contributed by atoms with Gasteiger partial charge in [0.2, 0.25) is 11.7 Å². The fraction of sp³-hybridized carbons (Fsp3) is 0.440. The molecular formula is C25H28N4O3. The van der Waals surface area contributed by atoms with Crippen LogP contribution in [0.4, 0.5) is 0 Å². The van der Waals surface area contributed by atoms with Gasteiger partial charge in [-0.25, -0.2) is 14.9 Å². The Morgan fingerprint density at radius 2 is 1.94 bits per heavy atom. The molecule has 4 aliphatic heterocycles. The van der Waals surface area contributed by atoms with Crippen molar-refractivity contribution < 1.29 is 14.3 Å². The molecule has 5 aliphatic rings. The van der Waals surface area contributed by atoms with Gasteiger partial charge in [0.15, 0.2) is 0 Å². The molecule has 2 saturated heterocycles. The van der Waals surface area contributed by atoms with Crippen molar-refractivity contribution in [2.24, 2.45) is 16.6 Å². The predicted molar refractivity (Wildman–Crippen MR) is 121 cm³/mol. The molecule has 2 bridgehead atoms. The highest BCUT2D eigenvalue weighted by molar-refractivity contribution is 5.79. The number of nitrogens with zero attached hydrogens (tertiary/aromatic N) is 3. The first-order chi connectivity index (χ1) is 15.6. The van der Waals surface area contributed by atoms with Gasteiger partial charge in [-0.2, -0.15) is 5.26 Å². The Kier molecular flexibility index (Phi) is 5.50. The smallest absolute Gasteiger partial charge is 0.221 e. The van der Waals surface area contributed by atoms with E-state index in [2.05, 4.69) is 11.1 Å². The molecule has 7 nitrogen and oxygen atoms in total. The molecule has 1 unspecified atom stereocenters. The molecule has 2 N–H and O–H groups in total. The Morgan fingerprint density at radius 3 is 2.53 bits per heavy atom. The largest absolute Gasteiger partial charge is 0.493 e. The van der Waals surface area contributed by atoms with Crippen LogP contribution in [-0.2, 0) is 15.3 Å². The van der Waals surface area contributed by atoms with Gasteiger partial charge in [0.25, 0.3) is 0 Å². The van der Waals surface area contributed by atoms with Crippen molar-refractivity contribution in [3.05, 3.63) is 53.6 Å². The van der Waals surface area contributed by atoms with Crippen LogP contribution in [0.5, 0.6) is 5.75 Å². The summed E-state index contributed by atoms with van der Waals surface area (Å²) in [5.74, 6) is 2.02. The third-order valence-electron chi connectivity index (χ3n) is 6.69. The van der Waals surface area contributed by atoms with E-state index in [0.29, 0.717) is 30.7 Å². The molecule has 1 atom stereocenters. The van der Waals surface area contributed by atoms with Crippen LogP contribution in [0, 0.1) is 17.2 Å². The third kappa shape index (κ3) is 3.92. The predicted octanol–water partition coefficient (Wildman–Crippen LogP) is 3.93. The van der Waals surface area contributed by atoms with E-state index in [1.54, 1.807) is 13.1 Å². The Labute approximate surface area is 188 Å². The summed E-state index contributed by atoms with van der Waals surface area (Å²) in [4.78, 5) is 10.5. The fourth-order valence-corrected chi connectivity index (χ4v) is 4.84. The lowest BCUT2D eigenvalue weighted by atomic mass is 9.85. The molecule has 0 radical (unpaired) electrons. The van der Waals surface area contributed by atoms with Crippen molar-refractivity contribution in [2.75, 3.05) is 20.3 Å². The minimum absolute atomic E-state index is 0.347. The first kappa shape index (κ1) is 20.8. The lowest BCUT2D eigenvalue weighted by molar-refractivity contribution is -0.183. The minimum atomic E-state index is -0.838. The van der Waals surface area contributed by atoms with E-state index < -0.39 is 5.72 Å². The lowest BCUT2D eigenvalue weighted by Gasteiger charge is -2.35. The number of hydrogen-bond acceptors (Lipinski definition) is 7. The number of benzene rings is 2. The van der Waals surface area contributed by atoms with E-state index in [0.717, 1.165) is 35.0 Å². The van der Waals surface area contributed by atoms with Gasteiger partial charge in [-0.05, 0) is 67.0 Å². The van der Waals surface area contributed by atoms with Gasteiger partial charge in [0.1, 0.15) is 5.75 Å². The van der Waals surface area contributed by atoms with Crippen LogP contribution in [0.3, 0.4) is 0 Å². The Bertz CT molecular complexity index is 1050. The molecule has 2 aromatic carbocycles. The SMILES string of the molecule is C1CC2CCC1CO2.CN1OC2(CCOc3ccc(-c4cccc(C#N)c4)cc32)N=C1N. The molecule has 7 heteroatoms. The second-order valence-electron chi connectivity index (χ2n) is 8.82. The van der Waals surface area contributed by atoms with E-state index in [-0.39, 0.29) is 0 Å². The van der Waals surface area contributed by atoms with E-state index in [4.69, 9.17) is 25.3 Å². The van der Waals surface area contributed by atoms with Gasteiger partial charge < -0.3 is 15.2 Å². The quantitative estimate of drug-likeness (QED) is 0.734. The molecule has 7 rings (SSSR count). The highest BCUT2D eigenvalue weighted by Gasteiger charge is 2.45. The van der Waals surface area contributed by atoms with Crippen molar-refractivity contribution in [3.63, 3.8) is 0 Å². The monoisotopic (exact) mass is 432 g/mol. The van der Waals surface area contributed by atoms with Gasteiger partial charge in [0.05, 0.1) is 29.9 Å². The summed E-state index contributed by atoms with van der Waals surface area (Å²) < 4.78 is 11.2. The summed E-state index contributed by atoms with van der Waals surface area (Å²) in [6, 6.07) is 15.5. The number of nitrogens with two attached hydrogens (primary N) is 1. The summed E-state index contributed by atoms with van der Waals surface area (Å²) in [5.41, 5.74) is 8.47. The van der Waals surface area contributed by atoms with Crippen molar-refractivity contribution in [3.8, 4) is 22.9 Å². The normalized spacial score (nSPS) is 27.6. The summed E-state index contributed by atoms with van der Waals surface area (Å²) in [6.45, 7) is 1.57. The number of fused-ring (bicyclic) bond motifs is 5. The number of nitriles is 1. The van der Waals surface area contributed by atoms with Gasteiger partial charge in [-0.3, -0.25) is 0 Å². The molecule has 1 aliphatic carbocycles. The molecule has 1 spiro atoms. The first-order valence-corrected chi connectivity index (χ1v) is 11.2. The minimum Gasteiger partial charge on any atom is -0.493 e. The second-order valence-corrected chi connectivity index (χ2v) is 8.82. The van der Waals surface area contributed by atoms with Crippen LogP contribution in [0.2, 0.25) is 0 Å². The van der Waals surface area contributed by atoms with E-state index >= 15 is 0 Å². The maximum Gasteiger partial charge on any atom is 0.221 e. The van der Waals surface area contributed by atoms with Gasteiger partial charge in [-0.15, -0.1) is 0 Å². The summed E-state index contributed by atoms with van der Waals surface area (Å²) in [6.07, 6.45) is 6.79. The average molecular weight is 433 g/mol.